The van der Waals surface area contributed by atoms with Gasteiger partial charge in [-0.15, -0.1) is 0 Å². The fraction of sp³-hybridized carbons (Fsp3) is 0.600. The van der Waals surface area contributed by atoms with Crippen molar-refractivity contribution in [3.05, 3.63) is 30.3 Å². The molecule has 132 valence electrons. The number of nitrogens with one attached hydrogen (secondary N) is 1. The van der Waals surface area contributed by atoms with E-state index >= 15 is 0 Å². The first kappa shape index (κ1) is 18.5. The number of rotatable bonds is 6. The van der Waals surface area contributed by atoms with Crippen LogP contribution in [-0.4, -0.2) is 25.4 Å². The number of amides is 2. The van der Waals surface area contributed by atoms with Gasteiger partial charge in [-0.3, -0.25) is 9.59 Å². The van der Waals surface area contributed by atoms with Crippen LogP contribution in [0.3, 0.4) is 0 Å². The molecule has 1 aliphatic rings. The van der Waals surface area contributed by atoms with Crippen molar-refractivity contribution in [2.75, 3.05) is 18.5 Å². The molecular formula is C20H30N2O2. The number of anilines is 1. The largest absolute Gasteiger partial charge is 0.356 e. The Balaban J connectivity index is 1.79. The van der Waals surface area contributed by atoms with Crippen LogP contribution in [0.5, 0.6) is 0 Å². The van der Waals surface area contributed by atoms with Gasteiger partial charge in [-0.25, -0.2) is 0 Å². The number of carbonyl (C=O) groups is 2. The highest BCUT2D eigenvalue weighted by Gasteiger charge is 2.31. The van der Waals surface area contributed by atoms with Gasteiger partial charge in [0.05, 0.1) is 0 Å². The summed E-state index contributed by atoms with van der Waals surface area (Å²) >= 11 is 0. The Morgan fingerprint density at radius 1 is 1.08 bits per heavy atom. The lowest BCUT2D eigenvalue weighted by molar-refractivity contribution is -0.129. The number of para-hydroxylation sites is 1. The molecule has 4 heteroatoms. The summed E-state index contributed by atoms with van der Waals surface area (Å²) in [6.07, 6.45) is 4.25. The molecule has 0 atom stereocenters. The van der Waals surface area contributed by atoms with Crippen LogP contribution in [0.1, 0.15) is 46.0 Å². The average molecular weight is 330 g/mol. The van der Waals surface area contributed by atoms with Crippen molar-refractivity contribution < 1.29 is 9.59 Å². The van der Waals surface area contributed by atoms with Crippen LogP contribution < -0.4 is 10.2 Å². The number of carbonyl (C=O) groups excluding carboxylic acids is 2. The minimum atomic E-state index is 0.0370. The molecule has 1 aromatic carbocycles. The molecule has 0 spiro atoms. The SMILES string of the molecule is CC(C)CCNC(=O)C1CCC(C(=O)N(C)c2ccccc2)CC1. The number of nitrogens with zero attached hydrogens (tertiary/aromatic N) is 1. The quantitative estimate of drug-likeness (QED) is 0.866. The van der Waals surface area contributed by atoms with E-state index in [9.17, 15) is 9.59 Å². The van der Waals surface area contributed by atoms with E-state index in [1.807, 2.05) is 37.4 Å². The third-order valence-electron chi connectivity index (χ3n) is 4.94. The Morgan fingerprint density at radius 3 is 2.25 bits per heavy atom. The van der Waals surface area contributed by atoms with Gasteiger partial charge >= 0.3 is 0 Å². The average Bonchev–Trinajstić information content (AvgIpc) is 2.61. The molecule has 2 rings (SSSR count). The van der Waals surface area contributed by atoms with E-state index in [4.69, 9.17) is 0 Å². The molecule has 0 unspecified atom stereocenters. The smallest absolute Gasteiger partial charge is 0.229 e. The standard InChI is InChI=1S/C20H30N2O2/c1-15(2)13-14-21-19(23)16-9-11-17(12-10-16)20(24)22(3)18-7-5-4-6-8-18/h4-8,15-17H,9-14H2,1-3H3,(H,21,23). The van der Waals surface area contributed by atoms with Crippen molar-refractivity contribution in [2.24, 2.45) is 17.8 Å². The molecular weight excluding hydrogens is 300 g/mol. The van der Waals surface area contributed by atoms with Crippen LogP contribution in [0.2, 0.25) is 0 Å². The summed E-state index contributed by atoms with van der Waals surface area (Å²) in [5.41, 5.74) is 0.927. The van der Waals surface area contributed by atoms with Crippen LogP contribution in [0.4, 0.5) is 5.69 Å². The Bertz CT molecular complexity index is 534. The lowest BCUT2D eigenvalue weighted by Crippen LogP contribution is -2.38. The van der Waals surface area contributed by atoms with E-state index in [-0.39, 0.29) is 23.7 Å². The monoisotopic (exact) mass is 330 g/mol. The van der Waals surface area contributed by atoms with Gasteiger partial charge in [0.15, 0.2) is 0 Å². The molecule has 0 radical (unpaired) electrons. The zero-order valence-corrected chi connectivity index (χ0v) is 15.1. The summed E-state index contributed by atoms with van der Waals surface area (Å²) in [5, 5.41) is 3.04. The van der Waals surface area contributed by atoms with Gasteiger partial charge in [-0.05, 0) is 50.2 Å². The van der Waals surface area contributed by atoms with E-state index < -0.39 is 0 Å². The zero-order chi connectivity index (χ0) is 17.5. The first-order chi connectivity index (χ1) is 11.5. The molecule has 0 aromatic heterocycles. The summed E-state index contributed by atoms with van der Waals surface area (Å²) in [5.74, 6) is 1.04. The summed E-state index contributed by atoms with van der Waals surface area (Å²) < 4.78 is 0. The number of benzene rings is 1. The van der Waals surface area contributed by atoms with Crippen molar-refractivity contribution in [3.8, 4) is 0 Å². The van der Waals surface area contributed by atoms with Gasteiger partial charge in [0, 0.05) is 31.1 Å². The molecule has 0 saturated heterocycles. The van der Waals surface area contributed by atoms with Crippen LogP contribution >= 0.6 is 0 Å². The van der Waals surface area contributed by atoms with Crippen molar-refractivity contribution in [2.45, 2.75) is 46.0 Å². The van der Waals surface area contributed by atoms with Gasteiger partial charge in [-0.1, -0.05) is 32.0 Å². The summed E-state index contributed by atoms with van der Waals surface area (Å²) in [6.45, 7) is 5.07. The predicted molar refractivity (Wildman–Crippen MR) is 97.8 cm³/mol. The van der Waals surface area contributed by atoms with Crippen molar-refractivity contribution >= 4 is 17.5 Å². The predicted octanol–water partition coefficient (Wildman–Crippen LogP) is 3.62. The number of hydrogen-bond donors (Lipinski definition) is 1. The Morgan fingerprint density at radius 2 is 1.67 bits per heavy atom. The van der Waals surface area contributed by atoms with Gasteiger partial charge in [-0.2, -0.15) is 0 Å². The maximum absolute atomic E-state index is 12.6. The van der Waals surface area contributed by atoms with Gasteiger partial charge in [0.2, 0.25) is 11.8 Å². The van der Waals surface area contributed by atoms with E-state index in [2.05, 4.69) is 19.2 Å². The molecule has 1 fully saturated rings. The second kappa shape index (κ2) is 8.86. The first-order valence-electron chi connectivity index (χ1n) is 9.09. The Kier molecular flexibility index (Phi) is 6.83. The van der Waals surface area contributed by atoms with Gasteiger partial charge < -0.3 is 10.2 Å². The molecule has 0 bridgehead atoms. The first-order valence-corrected chi connectivity index (χ1v) is 9.09. The van der Waals surface area contributed by atoms with Crippen molar-refractivity contribution in [3.63, 3.8) is 0 Å². The minimum Gasteiger partial charge on any atom is -0.356 e. The molecule has 0 aliphatic heterocycles. The summed E-state index contributed by atoms with van der Waals surface area (Å²) in [7, 11) is 1.84. The molecule has 1 saturated carbocycles. The third-order valence-corrected chi connectivity index (χ3v) is 4.94. The maximum atomic E-state index is 12.6. The van der Waals surface area contributed by atoms with Gasteiger partial charge in [0.25, 0.3) is 0 Å². The van der Waals surface area contributed by atoms with Crippen LogP contribution in [-0.2, 0) is 9.59 Å². The molecule has 24 heavy (non-hydrogen) atoms. The Labute approximate surface area is 145 Å². The molecule has 1 N–H and O–H groups in total. The van der Waals surface area contributed by atoms with Crippen molar-refractivity contribution in [1.29, 1.82) is 0 Å². The van der Waals surface area contributed by atoms with Crippen molar-refractivity contribution in [1.82, 2.24) is 5.32 Å². The molecule has 1 aliphatic carbocycles. The molecule has 1 aromatic rings. The highest BCUT2D eigenvalue weighted by Crippen LogP contribution is 2.31. The molecule has 2 amide bonds. The van der Waals surface area contributed by atoms with E-state index in [1.54, 1.807) is 4.90 Å². The molecule has 0 heterocycles. The van der Waals surface area contributed by atoms with E-state index in [1.165, 1.54) is 0 Å². The third kappa shape index (κ3) is 5.08. The van der Waals surface area contributed by atoms with Gasteiger partial charge in [0.1, 0.15) is 0 Å². The van der Waals surface area contributed by atoms with Crippen LogP contribution in [0.15, 0.2) is 30.3 Å². The van der Waals surface area contributed by atoms with E-state index in [0.717, 1.165) is 44.3 Å². The highest BCUT2D eigenvalue weighted by molar-refractivity contribution is 5.94. The zero-order valence-electron chi connectivity index (χ0n) is 15.1. The second-order valence-electron chi connectivity index (χ2n) is 7.25. The van der Waals surface area contributed by atoms with Crippen LogP contribution in [0, 0.1) is 17.8 Å². The maximum Gasteiger partial charge on any atom is 0.229 e. The minimum absolute atomic E-state index is 0.0370. The summed E-state index contributed by atoms with van der Waals surface area (Å²) in [4.78, 5) is 26.6. The van der Waals surface area contributed by atoms with Crippen LogP contribution in [0.25, 0.3) is 0 Å². The molecule has 4 nitrogen and oxygen atoms in total. The fourth-order valence-corrected chi connectivity index (χ4v) is 3.28. The topological polar surface area (TPSA) is 49.4 Å². The number of hydrogen-bond acceptors (Lipinski definition) is 2. The lowest BCUT2D eigenvalue weighted by atomic mass is 9.81. The van der Waals surface area contributed by atoms with E-state index in [0.29, 0.717) is 5.92 Å². The Hall–Kier alpha value is -1.84. The fourth-order valence-electron chi connectivity index (χ4n) is 3.28. The normalized spacial score (nSPS) is 20.7. The second-order valence-corrected chi connectivity index (χ2v) is 7.25. The lowest BCUT2D eigenvalue weighted by Gasteiger charge is -2.30. The highest BCUT2D eigenvalue weighted by atomic mass is 16.2. The summed E-state index contributed by atoms with van der Waals surface area (Å²) in [6, 6.07) is 9.73.